The van der Waals surface area contributed by atoms with Crippen LogP contribution in [-0.2, 0) is 17.4 Å². The highest BCUT2D eigenvalue weighted by molar-refractivity contribution is 5.77. The Kier molecular flexibility index (Phi) is 5.93. The van der Waals surface area contributed by atoms with E-state index in [0.717, 1.165) is 11.6 Å². The molecule has 1 amide bonds. The average molecular weight is 390 g/mol. The van der Waals surface area contributed by atoms with Crippen LogP contribution >= 0.6 is 0 Å². The molecule has 146 valence electrons. The third-order valence-electron chi connectivity index (χ3n) is 3.85. The molecule has 9 heteroatoms. The number of halogens is 3. The first kappa shape index (κ1) is 19.4. The standard InChI is InChI=1S/C19H17F3N4O2/c20-19(21,22)14-9-4-5-10-15(14)23-24-16(27)11-6-12-17-25-26-18(28-17)13-7-2-1-3-8-13/h1-5,7-10,23H,6,11-12H2,(H,24,27). The SMILES string of the molecule is O=C(CCCc1nnc(-c2ccccc2)o1)NNc1ccccc1C(F)(F)F. The van der Waals surface area contributed by atoms with E-state index in [1.807, 2.05) is 30.3 Å². The Morgan fingerprint density at radius 1 is 1.00 bits per heavy atom. The number of aryl methyl sites for hydroxylation is 1. The minimum atomic E-state index is -4.51. The number of aromatic nitrogens is 2. The minimum Gasteiger partial charge on any atom is -0.421 e. The first-order chi connectivity index (χ1) is 13.4. The molecular formula is C19H17F3N4O2. The first-order valence-corrected chi connectivity index (χ1v) is 8.52. The van der Waals surface area contributed by atoms with E-state index in [-0.39, 0.29) is 12.1 Å². The molecule has 2 N–H and O–H groups in total. The first-order valence-electron chi connectivity index (χ1n) is 8.52. The van der Waals surface area contributed by atoms with Crippen LogP contribution in [0.4, 0.5) is 18.9 Å². The molecule has 28 heavy (non-hydrogen) atoms. The maximum absolute atomic E-state index is 12.9. The molecule has 0 atom stereocenters. The number of hydrogen-bond acceptors (Lipinski definition) is 5. The summed E-state index contributed by atoms with van der Waals surface area (Å²) < 4.78 is 44.3. The summed E-state index contributed by atoms with van der Waals surface area (Å²) >= 11 is 0. The fourth-order valence-corrected chi connectivity index (χ4v) is 2.49. The van der Waals surface area contributed by atoms with Gasteiger partial charge in [0.15, 0.2) is 0 Å². The van der Waals surface area contributed by atoms with Crippen LogP contribution in [0.5, 0.6) is 0 Å². The maximum atomic E-state index is 12.9. The number of alkyl halides is 3. The highest BCUT2D eigenvalue weighted by Gasteiger charge is 2.33. The largest absolute Gasteiger partial charge is 0.421 e. The summed E-state index contributed by atoms with van der Waals surface area (Å²) in [5.41, 5.74) is 4.33. The van der Waals surface area contributed by atoms with Crippen LogP contribution < -0.4 is 10.9 Å². The Balaban J connectivity index is 1.47. The van der Waals surface area contributed by atoms with Crippen LogP contribution in [0, 0.1) is 0 Å². The van der Waals surface area contributed by atoms with Crippen LogP contribution in [0.2, 0.25) is 0 Å². The predicted octanol–water partition coefficient (Wildman–Crippen LogP) is 4.22. The number of rotatable bonds is 7. The lowest BCUT2D eigenvalue weighted by molar-refractivity contribution is -0.137. The van der Waals surface area contributed by atoms with Gasteiger partial charge in [-0.15, -0.1) is 10.2 Å². The number of hydrazine groups is 1. The van der Waals surface area contributed by atoms with E-state index < -0.39 is 17.6 Å². The van der Waals surface area contributed by atoms with Gasteiger partial charge < -0.3 is 4.42 Å². The quantitative estimate of drug-likeness (QED) is 0.591. The maximum Gasteiger partial charge on any atom is 0.418 e. The molecule has 0 spiro atoms. The smallest absolute Gasteiger partial charge is 0.418 e. The summed E-state index contributed by atoms with van der Waals surface area (Å²) in [6, 6.07) is 14.2. The van der Waals surface area contributed by atoms with Gasteiger partial charge in [-0.05, 0) is 30.7 Å². The van der Waals surface area contributed by atoms with E-state index in [2.05, 4.69) is 21.0 Å². The Morgan fingerprint density at radius 3 is 2.46 bits per heavy atom. The van der Waals surface area contributed by atoms with Gasteiger partial charge >= 0.3 is 6.18 Å². The Morgan fingerprint density at radius 2 is 1.71 bits per heavy atom. The van der Waals surface area contributed by atoms with Crippen molar-refractivity contribution in [1.29, 1.82) is 0 Å². The molecule has 2 aromatic carbocycles. The van der Waals surface area contributed by atoms with Crippen molar-refractivity contribution in [3.8, 4) is 11.5 Å². The van der Waals surface area contributed by atoms with Crippen LogP contribution in [0.15, 0.2) is 59.0 Å². The topological polar surface area (TPSA) is 80.0 Å². The van der Waals surface area contributed by atoms with Gasteiger partial charge in [-0.3, -0.25) is 15.6 Å². The van der Waals surface area contributed by atoms with Crippen LogP contribution in [0.1, 0.15) is 24.3 Å². The van der Waals surface area contributed by atoms with Crippen molar-refractivity contribution >= 4 is 11.6 Å². The van der Waals surface area contributed by atoms with E-state index in [1.165, 1.54) is 18.2 Å². The normalized spacial score (nSPS) is 11.2. The van der Waals surface area contributed by atoms with Crippen molar-refractivity contribution in [2.45, 2.75) is 25.4 Å². The zero-order chi connectivity index (χ0) is 20.0. The zero-order valence-electron chi connectivity index (χ0n) is 14.7. The van der Waals surface area contributed by atoms with Crippen molar-refractivity contribution in [3.63, 3.8) is 0 Å². The van der Waals surface area contributed by atoms with Crippen molar-refractivity contribution in [1.82, 2.24) is 15.6 Å². The number of hydrogen-bond donors (Lipinski definition) is 2. The highest BCUT2D eigenvalue weighted by atomic mass is 19.4. The monoisotopic (exact) mass is 390 g/mol. The molecule has 0 aliphatic heterocycles. The molecule has 0 unspecified atom stereocenters. The zero-order valence-corrected chi connectivity index (χ0v) is 14.7. The van der Waals surface area contributed by atoms with E-state index >= 15 is 0 Å². The fraction of sp³-hybridized carbons (Fsp3) is 0.211. The van der Waals surface area contributed by atoms with Crippen LogP contribution in [-0.4, -0.2) is 16.1 Å². The molecule has 0 bridgehead atoms. The fourth-order valence-electron chi connectivity index (χ4n) is 2.49. The summed E-state index contributed by atoms with van der Waals surface area (Å²) in [4.78, 5) is 11.9. The number of benzene rings is 2. The van der Waals surface area contributed by atoms with Crippen molar-refractivity contribution in [2.75, 3.05) is 5.43 Å². The minimum absolute atomic E-state index is 0.0875. The lowest BCUT2D eigenvalue weighted by Crippen LogP contribution is -2.30. The average Bonchev–Trinajstić information content (AvgIpc) is 3.15. The highest BCUT2D eigenvalue weighted by Crippen LogP contribution is 2.34. The molecule has 0 aliphatic rings. The van der Waals surface area contributed by atoms with Crippen LogP contribution in [0.25, 0.3) is 11.5 Å². The molecule has 0 aliphatic carbocycles. The van der Waals surface area contributed by atoms with Crippen LogP contribution in [0.3, 0.4) is 0 Å². The van der Waals surface area contributed by atoms with Gasteiger partial charge in [-0.1, -0.05) is 30.3 Å². The third kappa shape index (κ3) is 5.09. The second-order valence-electron chi connectivity index (χ2n) is 5.94. The Hall–Kier alpha value is -3.36. The van der Waals surface area contributed by atoms with Gasteiger partial charge in [0.05, 0.1) is 11.3 Å². The van der Waals surface area contributed by atoms with E-state index in [0.29, 0.717) is 24.6 Å². The summed E-state index contributed by atoms with van der Waals surface area (Å²) in [6.07, 6.45) is -3.63. The molecule has 1 aromatic heterocycles. The molecule has 3 aromatic rings. The van der Waals surface area contributed by atoms with E-state index in [4.69, 9.17) is 4.42 Å². The number of amides is 1. The number of anilines is 1. The summed E-state index contributed by atoms with van der Waals surface area (Å²) in [5.74, 6) is 0.340. The molecule has 0 saturated heterocycles. The molecular weight excluding hydrogens is 373 g/mol. The van der Waals surface area contributed by atoms with Gasteiger partial charge in [-0.2, -0.15) is 13.2 Å². The number of para-hydroxylation sites is 1. The Bertz CT molecular complexity index is 926. The summed E-state index contributed by atoms with van der Waals surface area (Å²) in [6.45, 7) is 0. The predicted molar refractivity (Wildman–Crippen MR) is 95.9 cm³/mol. The van der Waals surface area contributed by atoms with Crippen molar-refractivity contribution < 1.29 is 22.4 Å². The van der Waals surface area contributed by atoms with E-state index in [1.54, 1.807) is 0 Å². The molecule has 0 fully saturated rings. The van der Waals surface area contributed by atoms with Gasteiger partial charge in [0, 0.05) is 18.4 Å². The van der Waals surface area contributed by atoms with Crippen molar-refractivity contribution in [3.05, 3.63) is 66.1 Å². The van der Waals surface area contributed by atoms with Gasteiger partial charge in [-0.25, -0.2) is 0 Å². The summed E-state index contributed by atoms with van der Waals surface area (Å²) in [7, 11) is 0. The number of nitrogens with one attached hydrogen (secondary N) is 2. The van der Waals surface area contributed by atoms with E-state index in [9.17, 15) is 18.0 Å². The number of carbonyl (C=O) groups is 1. The molecule has 6 nitrogen and oxygen atoms in total. The second kappa shape index (κ2) is 8.55. The lowest BCUT2D eigenvalue weighted by Gasteiger charge is -2.14. The Labute approximate surface area is 158 Å². The summed E-state index contributed by atoms with van der Waals surface area (Å²) in [5, 5.41) is 7.89. The van der Waals surface area contributed by atoms with Crippen molar-refractivity contribution in [2.24, 2.45) is 0 Å². The van der Waals surface area contributed by atoms with Gasteiger partial charge in [0.25, 0.3) is 0 Å². The second-order valence-corrected chi connectivity index (χ2v) is 5.94. The lowest BCUT2D eigenvalue weighted by atomic mass is 10.2. The van der Waals surface area contributed by atoms with Gasteiger partial charge in [0.2, 0.25) is 17.7 Å². The molecule has 0 saturated carbocycles. The van der Waals surface area contributed by atoms with Gasteiger partial charge in [0.1, 0.15) is 0 Å². The third-order valence-corrected chi connectivity index (χ3v) is 3.85. The number of nitrogens with zero attached hydrogens (tertiary/aromatic N) is 2. The molecule has 1 heterocycles. The molecule has 3 rings (SSSR count). The molecule has 0 radical (unpaired) electrons. The number of carbonyl (C=O) groups excluding carboxylic acids is 1.